The highest BCUT2D eigenvalue weighted by Gasteiger charge is 2.22. The van der Waals surface area contributed by atoms with Crippen molar-refractivity contribution in [2.75, 3.05) is 14.2 Å². The van der Waals surface area contributed by atoms with E-state index in [4.69, 9.17) is 4.74 Å². The predicted molar refractivity (Wildman–Crippen MR) is 98.1 cm³/mol. The number of nitrogens with one attached hydrogen (secondary N) is 2. The highest BCUT2D eigenvalue weighted by Crippen LogP contribution is 2.20. The molecule has 0 saturated heterocycles. The van der Waals surface area contributed by atoms with E-state index in [0.717, 1.165) is 25.7 Å². The third kappa shape index (κ3) is 5.70. The number of hydrogen-bond donors (Lipinski definition) is 2. The number of amides is 3. The molecule has 1 aromatic rings. The van der Waals surface area contributed by atoms with Crippen molar-refractivity contribution in [3.05, 3.63) is 29.3 Å². The van der Waals surface area contributed by atoms with E-state index in [-0.39, 0.29) is 22.9 Å². The monoisotopic (exact) mass is 392 g/mol. The first-order valence-electron chi connectivity index (χ1n) is 8.93. The molecule has 2 rings (SSSR count). The fourth-order valence-corrected chi connectivity index (χ4v) is 2.90. The summed E-state index contributed by atoms with van der Waals surface area (Å²) in [5.41, 5.74) is 0.124. The second-order valence-corrected chi connectivity index (χ2v) is 6.43. The molecule has 1 aliphatic carbocycles. The van der Waals surface area contributed by atoms with Crippen LogP contribution in [0.5, 0.6) is 5.75 Å². The van der Waals surface area contributed by atoms with Gasteiger partial charge in [0.2, 0.25) is 0 Å². The minimum absolute atomic E-state index is 0.0620. The van der Waals surface area contributed by atoms with Crippen molar-refractivity contribution in [1.29, 1.82) is 0 Å². The van der Waals surface area contributed by atoms with Crippen molar-refractivity contribution in [2.45, 2.75) is 44.8 Å². The zero-order valence-corrected chi connectivity index (χ0v) is 16.1. The molecule has 0 spiro atoms. The van der Waals surface area contributed by atoms with Crippen molar-refractivity contribution in [1.82, 2.24) is 10.6 Å². The zero-order chi connectivity index (χ0) is 20.7. The Balaban J connectivity index is 2.05. The van der Waals surface area contributed by atoms with Crippen LogP contribution in [-0.2, 0) is 14.3 Å². The minimum atomic E-state index is -1.05. The fourth-order valence-electron chi connectivity index (χ4n) is 2.90. The number of hydrogen-bond acceptors (Lipinski definition) is 7. The average molecular weight is 392 g/mol. The molecule has 0 unspecified atom stereocenters. The molecule has 0 aliphatic heterocycles. The predicted octanol–water partition coefficient (Wildman–Crippen LogP) is 1.80. The van der Waals surface area contributed by atoms with Crippen molar-refractivity contribution in [3.63, 3.8) is 0 Å². The molecule has 28 heavy (non-hydrogen) atoms. The number of methoxy groups -OCH3 is 2. The number of carbonyl (C=O) groups excluding carboxylic acids is 4. The highest BCUT2D eigenvalue weighted by molar-refractivity contribution is 5.97. The van der Waals surface area contributed by atoms with E-state index in [2.05, 4.69) is 20.1 Å². The van der Waals surface area contributed by atoms with Gasteiger partial charge in [-0.1, -0.05) is 12.8 Å². The van der Waals surface area contributed by atoms with Crippen molar-refractivity contribution in [2.24, 2.45) is 0 Å². The van der Waals surface area contributed by atoms with Crippen LogP contribution in [-0.4, -0.2) is 50.2 Å². The maximum Gasteiger partial charge on any atom is 0.338 e. The van der Waals surface area contributed by atoms with Crippen LogP contribution in [0.3, 0.4) is 0 Å². The Labute approximate surface area is 162 Å². The van der Waals surface area contributed by atoms with Crippen LogP contribution in [0.15, 0.2) is 18.2 Å². The molecule has 9 nitrogen and oxygen atoms in total. The largest absolute Gasteiger partial charge is 0.481 e. The van der Waals surface area contributed by atoms with E-state index in [1.165, 1.54) is 39.3 Å². The number of imide groups is 1. The van der Waals surface area contributed by atoms with Gasteiger partial charge in [0, 0.05) is 6.04 Å². The molecule has 0 radical (unpaired) electrons. The lowest BCUT2D eigenvalue weighted by Gasteiger charge is -2.17. The molecular formula is C19H24N2O7. The summed E-state index contributed by atoms with van der Waals surface area (Å²) in [5.74, 6) is -1.92. The van der Waals surface area contributed by atoms with Gasteiger partial charge in [-0.25, -0.2) is 14.4 Å². The Bertz CT molecular complexity index is 722. The van der Waals surface area contributed by atoms with Crippen LogP contribution in [0.1, 0.15) is 53.3 Å². The molecule has 2 N–H and O–H groups in total. The number of rotatable bonds is 6. The van der Waals surface area contributed by atoms with Crippen LogP contribution in [0.25, 0.3) is 0 Å². The Hall–Kier alpha value is -3.10. The summed E-state index contributed by atoms with van der Waals surface area (Å²) >= 11 is 0. The molecule has 1 aliphatic rings. The van der Waals surface area contributed by atoms with Crippen molar-refractivity contribution >= 4 is 23.9 Å². The summed E-state index contributed by atoms with van der Waals surface area (Å²) in [6.45, 7) is 1.45. The molecule has 0 heterocycles. The van der Waals surface area contributed by atoms with E-state index < -0.39 is 30.0 Å². The highest BCUT2D eigenvalue weighted by atomic mass is 16.5. The smallest absolute Gasteiger partial charge is 0.338 e. The summed E-state index contributed by atoms with van der Waals surface area (Å²) in [6, 6.07) is 3.46. The number of urea groups is 1. The van der Waals surface area contributed by atoms with Crippen molar-refractivity contribution < 1.29 is 33.4 Å². The maximum absolute atomic E-state index is 12.2. The second kappa shape index (κ2) is 9.72. The van der Waals surface area contributed by atoms with Gasteiger partial charge in [-0.3, -0.25) is 10.1 Å². The van der Waals surface area contributed by atoms with Crippen LogP contribution < -0.4 is 15.4 Å². The minimum Gasteiger partial charge on any atom is -0.481 e. The second-order valence-electron chi connectivity index (χ2n) is 6.43. The number of carbonyl (C=O) groups is 4. The summed E-state index contributed by atoms with van der Waals surface area (Å²) in [4.78, 5) is 47.7. The van der Waals surface area contributed by atoms with E-state index in [9.17, 15) is 19.2 Å². The average Bonchev–Trinajstić information content (AvgIpc) is 3.18. The maximum atomic E-state index is 12.2. The molecule has 1 atom stereocenters. The van der Waals surface area contributed by atoms with E-state index in [0.29, 0.717) is 0 Å². The van der Waals surface area contributed by atoms with Crippen molar-refractivity contribution in [3.8, 4) is 5.75 Å². The molecule has 1 fully saturated rings. The van der Waals surface area contributed by atoms with Gasteiger partial charge >= 0.3 is 18.0 Å². The van der Waals surface area contributed by atoms with Crippen LogP contribution in [0.4, 0.5) is 4.79 Å². The lowest BCUT2D eigenvalue weighted by atomic mass is 10.1. The fraction of sp³-hybridized carbons (Fsp3) is 0.474. The lowest BCUT2D eigenvalue weighted by molar-refractivity contribution is -0.126. The molecule has 3 amide bonds. The Kier molecular flexibility index (Phi) is 7.36. The topological polar surface area (TPSA) is 120 Å². The molecule has 0 bridgehead atoms. The van der Waals surface area contributed by atoms with Gasteiger partial charge in [0.05, 0.1) is 25.3 Å². The third-order valence-corrected chi connectivity index (χ3v) is 4.36. The van der Waals surface area contributed by atoms with Crippen LogP contribution in [0.2, 0.25) is 0 Å². The SMILES string of the molecule is COC(=O)c1cc(O[C@H](C)C(=O)NC(=O)NC2CCCC2)cc(C(=O)OC)c1. The first kappa shape index (κ1) is 21.2. The van der Waals surface area contributed by atoms with Crippen LogP contribution in [0, 0.1) is 0 Å². The first-order chi connectivity index (χ1) is 13.3. The van der Waals surface area contributed by atoms with Gasteiger partial charge < -0.3 is 19.5 Å². The zero-order valence-electron chi connectivity index (χ0n) is 16.1. The molecule has 152 valence electrons. The summed E-state index contributed by atoms with van der Waals surface area (Å²) in [6.07, 6.45) is 2.84. The summed E-state index contributed by atoms with van der Waals surface area (Å²) < 4.78 is 14.8. The van der Waals surface area contributed by atoms with Gasteiger partial charge in [0.25, 0.3) is 5.91 Å². The van der Waals surface area contributed by atoms with Gasteiger partial charge in [-0.2, -0.15) is 0 Å². The first-order valence-corrected chi connectivity index (χ1v) is 8.93. The van der Waals surface area contributed by atoms with E-state index in [1.54, 1.807) is 0 Å². The molecule has 1 saturated carbocycles. The normalized spacial score (nSPS) is 14.7. The van der Waals surface area contributed by atoms with E-state index >= 15 is 0 Å². The molecule has 9 heteroatoms. The molecule has 1 aromatic carbocycles. The van der Waals surface area contributed by atoms with Gasteiger partial charge in [-0.15, -0.1) is 0 Å². The number of benzene rings is 1. The molecular weight excluding hydrogens is 368 g/mol. The standard InChI is InChI=1S/C19H24N2O7/c1-11(16(22)21-19(25)20-14-6-4-5-7-14)28-15-9-12(17(23)26-2)8-13(10-15)18(24)27-3/h8-11,14H,4-7H2,1-3H3,(H2,20,21,22,25)/t11-/m1/s1. The molecule has 0 aromatic heterocycles. The van der Waals surface area contributed by atoms with Gasteiger partial charge in [0.15, 0.2) is 6.10 Å². The van der Waals surface area contributed by atoms with E-state index in [1.807, 2.05) is 0 Å². The quantitative estimate of drug-likeness (QED) is 0.708. The number of ether oxygens (including phenoxy) is 3. The Morgan fingerprint density at radius 1 is 0.964 bits per heavy atom. The lowest BCUT2D eigenvalue weighted by Crippen LogP contribution is -2.47. The number of esters is 2. The van der Waals surface area contributed by atoms with Crippen LogP contribution >= 0.6 is 0 Å². The Morgan fingerprint density at radius 3 is 2.00 bits per heavy atom. The third-order valence-electron chi connectivity index (χ3n) is 4.36. The summed E-state index contributed by atoms with van der Waals surface area (Å²) in [5, 5.41) is 4.97. The van der Waals surface area contributed by atoms with Gasteiger partial charge in [0.1, 0.15) is 5.75 Å². The Morgan fingerprint density at radius 2 is 1.50 bits per heavy atom. The summed E-state index contributed by atoms with van der Waals surface area (Å²) in [7, 11) is 2.40. The van der Waals surface area contributed by atoms with Gasteiger partial charge in [-0.05, 0) is 38.0 Å².